The van der Waals surface area contributed by atoms with Gasteiger partial charge in [0.15, 0.2) is 0 Å². The van der Waals surface area contributed by atoms with E-state index in [1.807, 2.05) is 6.07 Å². The number of rotatable bonds is 2. The molecule has 0 unspecified atom stereocenters. The topological polar surface area (TPSA) is 58.4 Å². The van der Waals surface area contributed by atoms with Gasteiger partial charge in [-0.05, 0) is 35.8 Å². The average Bonchev–Trinajstić information content (AvgIpc) is 2.31. The van der Waals surface area contributed by atoms with Crippen LogP contribution in [0.1, 0.15) is 12.5 Å². The maximum Gasteiger partial charge on any atom is 0.273 e. The lowest BCUT2D eigenvalue weighted by atomic mass is 10.1. The standard InChI is InChI=1S/C12H16BrN3O2/c1-8-5-12(10(13)6-11(8)16(17)18)15-4-3-14-9(2)7-15/h5-6,9,14H,3-4,7H2,1-2H3/t9-/m0/s1. The smallest absolute Gasteiger partial charge is 0.273 e. The van der Waals surface area contributed by atoms with Gasteiger partial charge in [-0.25, -0.2) is 0 Å². The van der Waals surface area contributed by atoms with E-state index in [0.717, 1.165) is 29.8 Å². The number of nitro benzene ring substituents is 1. The molecule has 0 spiro atoms. The Morgan fingerprint density at radius 1 is 1.56 bits per heavy atom. The number of aryl methyl sites for hydroxylation is 1. The van der Waals surface area contributed by atoms with Gasteiger partial charge in [-0.15, -0.1) is 0 Å². The summed E-state index contributed by atoms with van der Waals surface area (Å²) in [6.45, 7) is 6.68. The van der Waals surface area contributed by atoms with Crippen molar-refractivity contribution in [1.29, 1.82) is 0 Å². The Balaban J connectivity index is 2.34. The zero-order valence-electron chi connectivity index (χ0n) is 10.4. The number of nitro groups is 1. The first-order valence-electron chi connectivity index (χ1n) is 5.92. The number of nitrogens with one attached hydrogen (secondary N) is 1. The fourth-order valence-electron chi connectivity index (χ4n) is 2.25. The van der Waals surface area contributed by atoms with E-state index in [-0.39, 0.29) is 10.6 Å². The zero-order chi connectivity index (χ0) is 13.3. The molecule has 5 nitrogen and oxygen atoms in total. The van der Waals surface area contributed by atoms with Crippen LogP contribution in [0, 0.1) is 17.0 Å². The molecule has 1 aromatic rings. The Kier molecular flexibility index (Phi) is 3.87. The van der Waals surface area contributed by atoms with Crippen molar-refractivity contribution >= 4 is 27.3 Å². The van der Waals surface area contributed by atoms with E-state index in [1.54, 1.807) is 13.0 Å². The molecule has 18 heavy (non-hydrogen) atoms. The van der Waals surface area contributed by atoms with E-state index in [4.69, 9.17) is 0 Å². The summed E-state index contributed by atoms with van der Waals surface area (Å²) in [6, 6.07) is 3.92. The summed E-state index contributed by atoms with van der Waals surface area (Å²) in [7, 11) is 0. The molecular weight excluding hydrogens is 298 g/mol. The van der Waals surface area contributed by atoms with E-state index in [9.17, 15) is 10.1 Å². The minimum absolute atomic E-state index is 0.161. The first-order valence-corrected chi connectivity index (χ1v) is 6.71. The molecule has 6 heteroatoms. The van der Waals surface area contributed by atoms with Crippen molar-refractivity contribution in [2.24, 2.45) is 0 Å². The molecule has 1 atom stereocenters. The fourth-order valence-corrected chi connectivity index (χ4v) is 2.83. The number of anilines is 1. The summed E-state index contributed by atoms with van der Waals surface area (Å²) >= 11 is 3.44. The molecule has 1 aliphatic rings. The highest BCUT2D eigenvalue weighted by atomic mass is 79.9. The lowest BCUT2D eigenvalue weighted by Gasteiger charge is -2.34. The monoisotopic (exact) mass is 313 g/mol. The Bertz CT molecular complexity index is 479. The highest BCUT2D eigenvalue weighted by Crippen LogP contribution is 2.33. The molecule has 0 bridgehead atoms. The molecular formula is C12H16BrN3O2. The van der Waals surface area contributed by atoms with Gasteiger partial charge in [-0.2, -0.15) is 0 Å². The number of piperazine rings is 1. The molecule has 0 amide bonds. The van der Waals surface area contributed by atoms with Crippen LogP contribution in [0.25, 0.3) is 0 Å². The second-order valence-corrected chi connectivity index (χ2v) is 5.50. The van der Waals surface area contributed by atoms with Crippen molar-refractivity contribution in [1.82, 2.24) is 5.32 Å². The molecule has 2 rings (SSSR count). The number of nitrogens with zero attached hydrogens (tertiary/aromatic N) is 2. The van der Waals surface area contributed by atoms with E-state index < -0.39 is 0 Å². The minimum atomic E-state index is -0.343. The lowest BCUT2D eigenvalue weighted by Crippen LogP contribution is -2.49. The molecule has 1 saturated heterocycles. The zero-order valence-corrected chi connectivity index (χ0v) is 12.0. The normalized spacial score (nSPS) is 19.9. The van der Waals surface area contributed by atoms with Gasteiger partial charge in [0, 0.05) is 41.8 Å². The SMILES string of the molecule is Cc1cc(N2CCN[C@@H](C)C2)c(Br)cc1[N+](=O)[O-]. The largest absolute Gasteiger partial charge is 0.368 e. The number of hydrogen-bond donors (Lipinski definition) is 1. The highest BCUT2D eigenvalue weighted by molar-refractivity contribution is 9.10. The molecule has 0 saturated carbocycles. The third-order valence-corrected chi connectivity index (χ3v) is 3.81. The van der Waals surface area contributed by atoms with Crippen LogP contribution in [0.3, 0.4) is 0 Å². The van der Waals surface area contributed by atoms with Crippen LogP contribution < -0.4 is 10.2 Å². The van der Waals surface area contributed by atoms with Gasteiger partial charge in [-0.1, -0.05) is 0 Å². The van der Waals surface area contributed by atoms with Crippen molar-refractivity contribution in [2.45, 2.75) is 19.9 Å². The van der Waals surface area contributed by atoms with Crippen molar-refractivity contribution < 1.29 is 4.92 Å². The maximum absolute atomic E-state index is 10.9. The van der Waals surface area contributed by atoms with Gasteiger partial charge >= 0.3 is 0 Å². The third-order valence-electron chi connectivity index (χ3n) is 3.17. The Labute approximate surface area is 114 Å². The van der Waals surface area contributed by atoms with Crippen LogP contribution in [0.15, 0.2) is 16.6 Å². The van der Waals surface area contributed by atoms with Crippen molar-refractivity contribution in [3.63, 3.8) is 0 Å². The minimum Gasteiger partial charge on any atom is -0.368 e. The molecule has 1 aliphatic heterocycles. The summed E-state index contributed by atoms with van der Waals surface area (Å²) in [5, 5.41) is 14.3. The summed E-state index contributed by atoms with van der Waals surface area (Å²) in [5.74, 6) is 0. The van der Waals surface area contributed by atoms with Crippen LogP contribution in [0.4, 0.5) is 11.4 Å². The average molecular weight is 314 g/mol. The molecule has 1 N–H and O–H groups in total. The third kappa shape index (κ3) is 2.64. The van der Waals surface area contributed by atoms with Crippen LogP contribution in [0.5, 0.6) is 0 Å². The summed E-state index contributed by atoms with van der Waals surface area (Å²) in [4.78, 5) is 12.8. The Hall–Kier alpha value is -1.14. The molecule has 1 fully saturated rings. The van der Waals surface area contributed by atoms with Crippen molar-refractivity contribution in [2.75, 3.05) is 24.5 Å². The van der Waals surface area contributed by atoms with Gasteiger partial charge < -0.3 is 10.2 Å². The summed E-state index contributed by atoms with van der Waals surface area (Å²) in [5.41, 5.74) is 1.89. The summed E-state index contributed by atoms with van der Waals surface area (Å²) in [6.07, 6.45) is 0. The van der Waals surface area contributed by atoms with Crippen LogP contribution in [-0.2, 0) is 0 Å². The number of hydrogen-bond acceptors (Lipinski definition) is 4. The predicted octanol–water partition coefficient (Wildman–Crippen LogP) is 2.46. The first-order chi connectivity index (χ1) is 8.49. The molecule has 1 heterocycles. The molecule has 0 aromatic heterocycles. The number of benzene rings is 1. The highest BCUT2D eigenvalue weighted by Gasteiger charge is 2.21. The second kappa shape index (κ2) is 5.24. The molecule has 98 valence electrons. The Morgan fingerprint density at radius 3 is 2.89 bits per heavy atom. The molecule has 0 aliphatic carbocycles. The van der Waals surface area contributed by atoms with Gasteiger partial charge in [0.05, 0.1) is 10.6 Å². The first kappa shape index (κ1) is 13.3. The summed E-state index contributed by atoms with van der Waals surface area (Å²) < 4.78 is 0.786. The van der Waals surface area contributed by atoms with Crippen LogP contribution >= 0.6 is 15.9 Å². The van der Waals surface area contributed by atoms with Gasteiger partial charge in [0.2, 0.25) is 0 Å². The second-order valence-electron chi connectivity index (χ2n) is 4.65. The van der Waals surface area contributed by atoms with E-state index in [2.05, 4.69) is 33.1 Å². The predicted molar refractivity (Wildman–Crippen MR) is 75.2 cm³/mol. The van der Waals surface area contributed by atoms with Crippen LogP contribution in [-0.4, -0.2) is 30.6 Å². The lowest BCUT2D eigenvalue weighted by molar-refractivity contribution is -0.385. The van der Waals surface area contributed by atoms with E-state index in [0.29, 0.717) is 11.6 Å². The fraction of sp³-hybridized carbons (Fsp3) is 0.500. The van der Waals surface area contributed by atoms with Crippen LogP contribution in [0.2, 0.25) is 0 Å². The van der Waals surface area contributed by atoms with Gasteiger partial charge in [-0.3, -0.25) is 10.1 Å². The maximum atomic E-state index is 10.9. The van der Waals surface area contributed by atoms with Gasteiger partial charge in [0.1, 0.15) is 0 Å². The molecule has 0 radical (unpaired) electrons. The number of halogens is 1. The Morgan fingerprint density at radius 2 is 2.28 bits per heavy atom. The van der Waals surface area contributed by atoms with E-state index in [1.165, 1.54) is 0 Å². The molecule has 1 aromatic carbocycles. The van der Waals surface area contributed by atoms with Crippen molar-refractivity contribution in [3.05, 3.63) is 32.3 Å². The van der Waals surface area contributed by atoms with Crippen molar-refractivity contribution in [3.8, 4) is 0 Å². The van der Waals surface area contributed by atoms with E-state index >= 15 is 0 Å². The van der Waals surface area contributed by atoms with Gasteiger partial charge in [0.25, 0.3) is 5.69 Å². The quantitative estimate of drug-likeness (QED) is 0.673.